The van der Waals surface area contributed by atoms with Crippen LogP contribution in [0.4, 0.5) is 0 Å². The molecule has 0 bridgehead atoms. The van der Waals surface area contributed by atoms with Gasteiger partial charge < -0.3 is 10.0 Å². The number of carboxylic acid groups (broad SMARTS) is 1. The molecule has 1 aliphatic rings. The molecule has 0 spiro atoms. The van der Waals surface area contributed by atoms with Crippen molar-refractivity contribution >= 4 is 12.4 Å². The van der Waals surface area contributed by atoms with E-state index in [0.29, 0.717) is 12.0 Å². The van der Waals surface area contributed by atoms with Crippen LogP contribution < -0.4 is 0 Å². The Kier molecular flexibility index (Phi) is 3.58. The number of carboxylic acids is 1. The fourth-order valence-electron chi connectivity index (χ4n) is 2.44. The van der Waals surface area contributed by atoms with E-state index in [2.05, 4.69) is 5.10 Å². The Morgan fingerprint density at radius 1 is 1.55 bits per heavy atom. The number of rotatable bonds is 5. The Hall–Kier alpha value is -1.85. The summed E-state index contributed by atoms with van der Waals surface area (Å²) in [4.78, 5) is 24.4. The van der Waals surface area contributed by atoms with E-state index in [1.165, 1.54) is 4.90 Å². The smallest absolute Gasteiger partial charge is 0.331 e. The minimum absolute atomic E-state index is 0.0432. The third-order valence-electron chi connectivity index (χ3n) is 3.48. The van der Waals surface area contributed by atoms with E-state index in [4.69, 9.17) is 0 Å². The molecule has 1 aromatic heterocycles. The van der Waals surface area contributed by atoms with Gasteiger partial charge in [-0.05, 0) is 12.8 Å². The minimum atomic E-state index is -1.01. The molecule has 110 valence electrons. The van der Waals surface area contributed by atoms with Crippen molar-refractivity contribution < 1.29 is 14.7 Å². The number of hydrogen-bond acceptors (Lipinski definition) is 3. The molecule has 6 nitrogen and oxygen atoms in total. The molecule has 1 fully saturated rings. The van der Waals surface area contributed by atoms with Gasteiger partial charge in [0.15, 0.2) is 6.04 Å². The minimum Gasteiger partial charge on any atom is -0.479 e. The summed E-state index contributed by atoms with van der Waals surface area (Å²) in [5.74, 6) is -1.01. The molecular formula is C14H21N3O3. The first-order valence-electron chi connectivity index (χ1n) is 6.75. The summed E-state index contributed by atoms with van der Waals surface area (Å²) in [5.41, 5.74) is 1.05. The first-order valence-corrected chi connectivity index (χ1v) is 6.75. The lowest BCUT2D eigenvalue weighted by molar-refractivity contribution is -0.147. The van der Waals surface area contributed by atoms with Crippen LogP contribution in [0.25, 0.3) is 0 Å². The third kappa shape index (κ3) is 2.69. The molecule has 1 unspecified atom stereocenters. The van der Waals surface area contributed by atoms with Crippen molar-refractivity contribution in [2.24, 2.45) is 7.05 Å². The lowest BCUT2D eigenvalue weighted by Gasteiger charge is -2.27. The van der Waals surface area contributed by atoms with Crippen molar-refractivity contribution in [2.45, 2.75) is 51.1 Å². The van der Waals surface area contributed by atoms with Crippen LogP contribution >= 0.6 is 0 Å². The number of nitrogens with zero attached hydrogens (tertiary/aromatic N) is 3. The first-order chi connectivity index (χ1) is 9.25. The maximum absolute atomic E-state index is 11.7. The SMILES string of the molecule is Cn1cc(C(C(=O)O)N(C=O)C2CC2)c(C(C)(C)C)n1. The van der Waals surface area contributed by atoms with Crippen LogP contribution in [0, 0.1) is 0 Å². The van der Waals surface area contributed by atoms with Crippen molar-refractivity contribution in [3.63, 3.8) is 0 Å². The number of aryl methyl sites for hydroxylation is 1. The number of carbonyl (C=O) groups is 2. The molecule has 2 rings (SSSR count). The summed E-state index contributed by atoms with van der Waals surface area (Å²) < 4.78 is 1.61. The molecule has 0 aliphatic heterocycles. The molecule has 0 radical (unpaired) electrons. The Morgan fingerprint density at radius 3 is 2.55 bits per heavy atom. The summed E-state index contributed by atoms with van der Waals surface area (Å²) in [6.45, 7) is 5.96. The molecular weight excluding hydrogens is 258 g/mol. The second-order valence-corrected chi connectivity index (χ2v) is 6.38. The van der Waals surface area contributed by atoms with Gasteiger partial charge in [0.25, 0.3) is 0 Å². The number of aliphatic carboxylic acids is 1. The number of hydrogen-bond donors (Lipinski definition) is 1. The van der Waals surface area contributed by atoms with Gasteiger partial charge >= 0.3 is 5.97 Å². The summed E-state index contributed by atoms with van der Waals surface area (Å²) in [6.07, 6.45) is 4.09. The van der Waals surface area contributed by atoms with Crippen LogP contribution in [0.15, 0.2) is 6.20 Å². The molecule has 0 aromatic carbocycles. The zero-order valence-electron chi connectivity index (χ0n) is 12.3. The van der Waals surface area contributed by atoms with Gasteiger partial charge in [-0.25, -0.2) is 4.79 Å². The molecule has 20 heavy (non-hydrogen) atoms. The van der Waals surface area contributed by atoms with Crippen molar-refractivity contribution in [1.29, 1.82) is 0 Å². The molecule has 1 atom stereocenters. The van der Waals surface area contributed by atoms with Gasteiger partial charge in [-0.15, -0.1) is 0 Å². The third-order valence-corrected chi connectivity index (χ3v) is 3.48. The molecule has 1 N–H and O–H groups in total. The highest BCUT2D eigenvalue weighted by Gasteiger charge is 2.40. The van der Waals surface area contributed by atoms with Crippen LogP contribution in [0.5, 0.6) is 0 Å². The summed E-state index contributed by atoms with van der Waals surface area (Å²) in [6, 6.07) is -0.912. The highest BCUT2D eigenvalue weighted by atomic mass is 16.4. The van der Waals surface area contributed by atoms with Crippen molar-refractivity contribution in [2.75, 3.05) is 0 Å². The maximum Gasteiger partial charge on any atom is 0.331 e. The fourth-order valence-corrected chi connectivity index (χ4v) is 2.44. The second kappa shape index (κ2) is 4.92. The van der Waals surface area contributed by atoms with E-state index >= 15 is 0 Å². The molecule has 6 heteroatoms. The first kappa shape index (κ1) is 14.6. The van der Waals surface area contributed by atoms with Gasteiger partial charge in [0.2, 0.25) is 6.41 Å². The molecule has 1 amide bonds. The Morgan fingerprint density at radius 2 is 2.15 bits per heavy atom. The van der Waals surface area contributed by atoms with Crippen molar-refractivity contribution in [3.05, 3.63) is 17.5 Å². The van der Waals surface area contributed by atoms with Crippen LogP contribution in [-0.2, 0) is 22.1 Å². The van der Waals surface area contributed by atoms with Gasteiger partial charge in [0, 0.05) is 30.3 Å². The highest BCUT2D eigenvalue weighted by Crippen LogP contribution is 2.36. The van der Waals surface area contributed by atoms with Crippen LogP contribution in [0.2, 0.25) is 0 Å². The van der Waals surface area contributed by atoms with E-state index in [1.54, 1.807) is 17.9 Å². The van der Waals surface area contributed by atoms with Gasteiger partial charge in [-0.3, -0.25) is 9.48 Å². The van der Waals surface area contributed by atoms with E-state index in [1.807, 2.05) is 20.8 Å². The predicted octanol–water partition coefficient (Wildman–Crippen LogP) is 1.46. The van der Waals surface area contributed by atoms with Crippen molar-refractivity contribution in [3.8, 4) is 0 Å². The average molecular weight is 279 g/mol. The van der Waals surface area contributed by atoms with Crippen LogP contribution in [0.3, 0.4) is 0 Å². The molecule has 1 saturated carbocycles. The quantitative estimate of drug-likeness (QED) is 0.828. The Labute approximate surface area is 118 Å². The van der Waals surface area contributed by atoms with E-state index < -0.39 is 12.0 Å². The summed E-state index contributed by atoms with van der Waals surface area (Å²) in [5, 5.41) is 14.0. The zero-order chi connectivity index (χ0) is 15.1. The van der Waals surface area contributed by atoms with Gasteiger partial charge in [0.05, 0.1) is 5.69 Å². The Balaban J connectivity index is 2.49. The summed E-state index contributed by atoms with van der Waals surface area (Å²) in [7, 11) is 1.76. The maximum atomic E-state index is 11.7. The average Bonchev–Trinajstić information content (AvgIpc) is 3.07. The van der Waals surface area contributed by atoms with E-state index in [9.17, 15) is 14.7 Å². The lowest BCUT2D eigenvalue weighted by Crippen LogP contribution is -2.36. The highest BCUT2D eigenvalue weighted by molar-refractivity contribution is 5.79. The van der Waals surface area contributed by atoms with Crippen molar-refractivity contribution in [1.82, 2.24) is 14.7 Å². The fraction of sp³-hybridized carbons (Fsp3) is 0.643. The summed E-state index contributed by atoms with van der Waals surface area (Å²) >= 11 is 0. The zero-order valence-corrected chi connectivity index (χ0v) is 12.3. The predicted molar refractivity (Wildman–Crippen MR) is 73.2 cm³/mol. The topological polar surface area (TPSA) is 75.4 Å². The normalized spacial score (nSPS) is 16.8. The van der Waals surface area contributed by atoms with Crippen LogP contribution in [-0.4, -0.2) is 38.2 Å². The Bertz CT molecular complexity index is 526. The van der Waals surface area contributed by atoms with Gasteiger partial charge in [-0.2, -0.15) is 5.10 Å². The number of aromatic nitrogens is 2. The largest absolute Gasteiger partial charge is 0.479 e. The molecule has 1 aromatic rings. The second-order valence-electron chi connectivity index (χ2n) is 6.38. The monoisotopic (exact) mass is 279 g/mol. The number of carbonyl (C=O) groups excluding carboxylic acids is 1. The molecule has 0 saturated heterocycles. The molecule has 1 aliphatic carbocycles. The molecule has 1 heterocycles. The standard InChI is InChI=1S/C14H21N3O3/c1-14(2,3)12-10(7-16(4)15-12)11(13(19)20)17(8-18)9-5-6-9/h7-9,11H,5-6H2,1-4H3,(H,19,20). The number of amides is 1. The van der Waals surface area contributed by atoms with E-state index in [-0.39, 0.29) is 11.5 Å². The van der Waals surface area contributed by atoms with Gasteiger partial charge in [0.1, 0.15) is 0 Å². The van der Waals surface area contributed by atoms with Crippen LogP contribution in [0.1, 0.15) is 50.9 Å². The van der Waals surface area contributed by atoms with E-state index in [0.717, 1.165) is 18.5 Å². The lowest BCUT2D eigenvalue weighted by atomic mass is 9.87. The van der Waals surface area contributed by atoms with Gasteiger partial charge in [-0.1, -0.05) is 20.8 Å².